The molecule has 0 aliphatic rings. The maximum absolute atomic E-state index is 5.39. The van der Waals surface area contributed by atoms with E-state index in [0.29, 0.717) is 6.54 Å². The van der Waals surface area contributed by atoms with Crippen LogP contribution in [0.4, 0.5) is 0 Å². The number of thiophene rings is 1. The first-order chi connectivity index (χ1) is 12.7. The van der Waals surface area contributed by atoms with E-state index in [-0.39, 0.29) is 0 Å². The van der Waals surface area contributed by atoms with Crippen LogP contribution in [0.5, 0.6) is 0 Å². The van der Waals surface area contributed by atoms with Gasteiger partial charge in [-0.1, -0.05) is 13.0 Å². The average molecular weight is 372 g/mol. The van der Waals surface area contributed by atoms with Crippen LogP contribution in [-0.4, -0.2) is 22.3 Å². The van der Waals surface area contributed by atoms with Gasteiger partial charge in [-0.05, 0) is 30.0 Å². The summed E-state index contributed by atoms with van der Waals surface area (Å²) < 4.78 is 7.24. The van der Waals surface area contributed by atoms with Crippen LogP contribution in [0.3, 0.4) is 0 Å². The number of hydrogen-bond acceptors (Lipinski definition) is 4. The van der Waals surface area contributed by atoms with Gasteiger partial charge >= 0.3 is 0 Å². The van der Waals surface area contributed by atoms with Gasteiger partial charge in [0.2, 0.25) is 0 Å². The number of hydrogen-bond donors (Lipinski definition) is 2. The predicted molar refractivity (Wildman–Crippen MR) is 105 cm³/mol. The molecule has 0 saturated heterocycles. The molecule has 0 aliphatic carbocycles. The van der Waals surface area contributed by atoms with E-state index >= 15 is 0 Å². The molecule has 7 heteroatoms. The molecule has 3 heterocycles. The Bertz CT molecular complexity index is 805. The predicted octanol–water partition coefficient (Wildman–Crippen LogP) is 3.12. The van der Waals surface area contributed by atoms with Gasteiger partial charge in [-0.15, -0.1) is 11.3 Å². The first-order valence-electron chi connectivity index (χ1n) is 8.83. The molecule has 26 heavy (non-hydrogen) atoms. The summed E-state index contributed by atoms with van der Waals surface area (Å²) in [6, 6.07) is 8.08. The normalized spacial score (nSPS) is 11.7. The molecular formula is C19H25N5OS. The van der Waals surface area contributed by atoms with E-state index in [0.717, 1.165) is 43.3 Å². The number of aryl methyl sites for hydroxylation is 2. The molecule has 0 aliphatic heterocycles. The van der Waals surface area contributed by atoms with Gasteiger partial charge in [0.15, 0.2) is 5.96 Å². The second-order valence-corrected chi connectivity index (χ2v) is 7.01. The van der Waals surface area contributed by atoms with E-state index in [4.69, 9.17) is 9.41 Å². The monoisotopic (exact) mass is 371 g/mol. The maximum Gasteiger partial charge on any atom is 0.191 e. The molecule has 0 atom stereocenters. The van der Waals surface area contributed by atoms with E-state index in [9.17, 15) is 0 Å². The fraction of sp³-hybridized carbons (Fsp3) is 0.368. The number of nitrogens with one attached hydrogen (secondary N) is 2. The topological polar surface area (TPSA) is 67.4 Å². The van der Waals surface area contributed by atoms with Gasteiger partial charge in [-0.2, -0.15) is 5.10 Å². The van der Waals surface area contributed by atoms with E-state index in [1.807, 2.05) is 30.1 Å². The fourth-order valence-electron chi connectivity index (χ4n) is 2.69. The van der Waals surface area contributed by atoms with Crippen molar-refractivity contribution in [1.82, 2.24) is 20.4 Å². The number of guanidine groups is 1. The van der Waals surface area contributed by atoms with Crippen LogP contribution in [0.2, 0.25) is 0 Å². The highest BCUT2D eigenvalue weighted by molar-refractivity contribution is 7.09. The van der Waals surface area contributed by atoms with Gasteiger partial charge < -0.3 is 15.1 Å². The quantitative estimate of drug-likeness (QED) is 0.472. The Morgan fingerprint density at radius 2 is 2.23 bits per heavy atom. The molecule has 0 radical (unpaired) electrons. The molecule has 0 saturated carbocycles. The zero-order valence-corrected chi connectivity index (χ0v) is 16.1. The van der Waals surface area contributed by atoms with Crippen molar-refractivity contribution >= 4 is 17.3 Å². The molecule has 0 fully saturated rings. The van der Waals surface area contributed by atoms with Gasteiger partial charge in [-0.3, -0.25) is 4.68 Å². The van der Waals surface area contributed by atoms with Gasteiger partial charge in [-0.25, -0.2) is 4.99 Å². The van der Waals surface area contributed by atoms with Crippen molar-refractivity contribution in [1.29, 1.82) is 0 Å². The summed E-state index contributed by atoms with van der Waals surface area (Å²) in [6.07, 6.45) is 5.48. The second-order valence-electron chi connectivity index (χ2n) is 5.98. The lowest BCUT2D eigenvalue weighted by molar-refractivity contribution is 0.506. The Hall–Kier alpha value is -2.54. The first-order valence-corrected chi connectivity index (χ1v) is 9.71. The lowest BCUT2D eigenvalue weighted by atomic mass is 10.2. The fourth-order valence-corrected chi connectivity index (χ4v) is 3.34. The van der Waals surface area contributed by atoms with Crippen molar-refractivity contribution in [3.63, 3.8) is 0 Å². The van der Waals surface area contributed by atoms with Crippen molar-refractivity contribution in [3.05, 3.63) is 64.0 Å². The lowest BCUT2D eigenvalue weighted by Crippen LogP contribution is -2.38. The third-order valence-corrected chi connectivity index (χ3v) is 4.86. The molecule has 138 valence electrons. The summed E-state index contributed by atoms with van der Waals surface area (Å²) in [5, 5.41) is 13.4. The van der Waals surface area contributed by atoms with Crippen molar-refractivity contribution in [3.8, 4) is 0 Å². The van der Waals surface area contributed by atoms with Gasteiger partial charge in [0.25, 0.3) is 0 Å². The number of furan rings is 1. The Labute approximate surface area is 158 Å². The smallest absolute Gasteiger partial charge is 0.191 e. The Kier molecular flexibility index (Phi) is 6.49. The van der Waals surface area contributed by atoms with Gasteiger partial charge in [0, 0.05) is 36.7 Å². The third kappa shape index (κ3) is 5.23. The third-order valence-electron chi connectivity index (χ3n) is 3.99. The lowest BCUT2D eigenvalue weighted by Gasteiger charge is -2.11. The van der Waals surface area contributed by atoms with Crippen molar-refractivity contribution in [2.45, 2.75) is 32.9 Å². The van der Waals surface area contributed by atoms with E-state index in [1.165, 1.54) is 10.4 Å². The average Bonchev–Trinajstić information content (AvgIpc) is 3.38. The summed E-state index contributed by atoms with van der Waals surface area (Å²) in [4.78, 5) is 6.03. The van der Waals surface area contributed by atoms with Crippen LogP contribution in [0.15, 0.2) is 51.5 Å². The van der Waals surface area contributed by atoms with Crippen LogP contribution in [0, 0.1) is 0 Å². The summed E-state index contributed by atoms with van der Waals surface area (Å²) >= 11 is 1.74. The Morgan fingerprint density at radius 1 is 1.31 bits per heavy atom. The second kappa shape index (κ2) is 9.24. The SMILES string of the molecule is CCc1nn(C)cc1CN=C(NCCc1ccco1)NCc1cccs1. The molecule has 3 rings (SSSR count). The van der Waals surface area contributed by atoms with E-state index in [2.05, 4.69) is 40.2 Å². The van der Waals surface area contributed by atoms with E-state index < -0.39 is 0 Å². The van der Waals surface area contributed by atoms with Crippen LogP contribution in [-0.2, 0) is 33.0 Å². The minimum absolute atomic E-state index is 0.609. The summed E-state index contributed by atoms with van der Waals surface area (Å²) in [5.74, 6) is 1.77. The highest BCUT2D eigenvalue weighted by Crippen LogP contribution is 2.09. The summed E-state index contributed by atoms with van der Waals surface area (Å²) in [7, 11) is 1.95. The Balaban J connectivity index is 1.61. The largest absolute Gasteiger partial charge is 0.469 e. The van der Waals surface area contributed by atoms with Crippen molar-refractivity contribution in [2.75, 3.05) is 6.54 Å². The van der Waals surface area contributed by atoms with Gasteiger partial charge in [0.1, 0.15) is 5.76 Å². The van der Waals surface area contributed by atoms with E-state index in [1.54, 1.807) is 17.6 Å². The zero-order chi connectivity index (χ0) is 18.2. The molecule has 0 amide bonds. The zero-order valence-electron chi connectivity index (χ0n) is 15.2. The molecule has 0 bridgehead atoms. The van der Waals surface area contributed by atoms with Crippen LogP contribution in [0.1, 0.15) is 28.8 Å². The highest BCUT2D eigenvalue weighted by Gasteiger charge is 2.07. The summed E-state index contributed by atoms with van der Waals surface area (Å²) in [6.45, 7) is 4.25. The minimum atomic E-state index is 0.609. The molecule has 0 spiro atoms. The molecule has 3 aromatic rings. The molecular weight excluding hydrogens is 346 g/mol. The van der Waals surface area contributed by atoms with Crippen molar-refractivity contribution in [2.24, 2.45) is 12.0 Å². The number of aromatic nitrogens is 2. The maximum atomic E-state index is 5.39. The Morgan fingerprint density at radius 3 is 2.96 bits per heavy atom. The number of aliphatic imine (C=N–C) groups is 1. The summed E-state index contributed by atoms with van der Waals surface area (Å²) in [5.41, 5.74) is 2.27. The van der Waals surface area contributed by atoms with Crippen LogP contribution < -0.4 is 10.6 Å². The first kappa shape index (κ1) is 18.3. The minimum Gasteiger partial charge on any atom is -0.469 e. The number of rotatable bonds is 8. The van der Waals surface area contributed by atoms with Crippen molar-refractivity contribution < 1.29 is 4.42 Å². The molecule has 6 nitrogen and oxygen atoms in total. The number of nitrogens with zero attached hydrogens (tertiary/aromatic N) is 3. The standard InChI is InChI=1S/C19H25N5OS/c1-3-18-15(14-24(2)23-18)12-21-19(22-13-17-7-5-11-26-17)20-9-8-16-6-4-10-25-16/h4-7,10-11,14H,3,8-9,12-13H2,1-2H3,(H2,20,21,22). The molecule has 0 aromatic carbocycles. The molecule has 0 unspecified atom stereocenters. The van der Waals surface area contributed by atoms with Crippen LogP contribution >= 0.6 is 11.3 Å². The molecule has 3 aromatic heterocycles. The van der Waals surface area contributed by atoms with Gasteiger partial charge in [0.05, 0.1) is 25.0 Å². The molecule has 2 N–H and O–H groups in total. The van der Waals surface area contributed by atoms with Crippen LogP contribution in [0.25, 0.3) is 0 Å². The highest BCUT2D eigenvalue weighted by atomic mass is 32.1.